The highest BCUT2D eigenvalue weighted by molar-refractivity contribution is 5.85. The summed E-state index contributed by atoms with van der Waals surface area (Å²) in [6.45, 7) is 3.04. The lowest BCUT2D eigenvalue weighted by molar-refractivity contribution is 0.414. The first-order valence-corrected chi connectivity index (χ1v) is 6.21. The van der Waals surface area contributed by atoms with Crippen LogP contribution in [0.15, 0.2) is 54.6 Å². The molecule has 0 spiro atoms. The summed E-state index contributed by atoms with van der Waals surface area (Å²) in [6.07, 6.45) is 0. The molecular weight excluding hydrogens is 258 g/mol. The molecule has 2 rings (SSSR count). The van der Waals surface area contributed by atoms with E-state index in [1.54, 1.807) is 7.11 Å². The van der Waals surface area contributed by atoms with Crippen LogP contribution in [-0.2, 0) is 6.54 Å². The van der Waals surface area contributed by atoms with E-state index in [0.717, 1.165) is 12.3 Å². The molecule has 2 aromatic carbocycles. The van der Waals surface area contributed by atoms with E-state index in [1.807, 2.05) is 18.2 Å². The number of hydrogen-bond acceptors (Lipinski definition) is 2. The molecule has 2 aromatic rings. The quantitative estimate of drug-likeness (QED) is 0.893. The molecule has 0 aliphatic rings. The predicted molar refractivity (Wildman–Crippen MR) is 81.9 cm³/mol. The second kappa shape index (κ2) is 7.82. The van der Waals surface area contributed by atoms with Crippen LogP contribution in [-0.4, -0.2) is 7.11 Å². The number of methoxy groups -OCH3 is 1. The third-order valence-corrected chi connectivity index (χ3v) is 3.07. The second-order valence-corrected chi connectivity index (χ2v) is 4.36. The van der Waals surface area contributed by atoms with Crippen molar-refractivity contribution in [3.8, 4) is 5.75 Å². The Morgan fingerprint density at radius 1 is 1.00 bits per heavy atom. The summed E-state index contributed by atoms with van der Waals surface area (Å²) in [5.74, 6) is 0.898. The zero-order chi connectivity index (χ0) is 12.8. The topological polar surface area (TPSA) is 21.3 Å². The van der Waals surface area contributed by atoms with Crippen LogP contribution in [0.25, 0.3) is 0 Å². The van der Waals surface area contributed by atoms with Gasteiger partial charge in [0.2, 0.25) is 0 Å². The Bertz CT molecular complexity index is 470. The van der Waals surface area contributed by atoms with Gasteiger partial charge in [-0.05, 0) is 30.2 Å². The molecule has 1 unspecified atom stereocenters. The van der Waals surface area contributed by atoms with Gasteiger partial charge in [-0.2, -0.15) is 0 Å². The summed E-state index contributed by atoms with van der Waals surface area (Å²) in [5, 5.41) is 3.51. The van der Waals surface area contributed by atoms with Crippen LogP contribution < -0.4 is 10.1 Å². The maximum atomic E-state index is 5.14. The van der Waals surface area contributed by atoms with Gasteiger partial charge in [0.15, 0.2) is 0 Å². The van der Waals surface area contributed by atoms with E-state index in [4.69, 9.17) is 4.74 Å². The molecule has 0 aliphatic heterocycles. The lowest BCUT2D eigenvalue weighted by atomic mass is 10.1. The lowest BCUT2D eigenvalue weighted by Crippen LogP contribution is -2.17. The Morgan fingerprint density at radius 3 is 2.21 bits per heavy atom. The molecule has 0 fully saturated rings. The molecule has 0 aromatic heterocycles. The van der Waals surface area contributed by atoms with Gasteiger partial charge in [-0.1, -0.05) is 42.5 Å². The van der Waals surface area contributed by atoms with E-state index >= 15 is 0 Å². The zero-order valence-corrected chi connectivity index (χ0v) is 12.1. The van der Waals surface area contributed by atoms with Crippen LogP contribution in [0.2, 0.25) is 0 Å². The van der Waals surface area contributed by atoms with Crippen molar-refractivity contribution in [2.45, 2.75) is 19.5 Å². The fraction of sp³-hybridized carbons (Fsp3) is 0.250. The van der Waals surface area contributed by atoms with E-state index in [9.17, 15) is 0 Å². The van der Waals surface area contributed by atoms with Crippen LogP contribution in [0, 0.1) is 0 Å². The van der Waals surface area contributed by atoms with Crippen molar-refractivity contribution in [2.24, 2.45) is 0 Å². The molecule has 3 heteroatoms. The predicted octanol–water partition coefficient (Wildman–Crippen LogP) is 3.97. The molecule has 2 nitrogen and oxygen atoms in total. The Balaban J connectivity index is 0.00000180. The van der Waals surface area contributed by atoms with Gasteiger partial charge in [0, 0.05) is 12.6 Å². The van der Waals surface area contributed by atoms with Crippen molar-refractivity contribution in [2.75, 3.05) is 7.11 Å². The Labute approximate surface area is 121 Å². The monoisotopic (exact) mass is 277 g/mol. The highest BCUT2D eigenvalue weighted by atomic mass is 35.5. The molecule has 0 bridgehead atoms. The molecule has 0 heterocycles. The molecule has 0 radical (unpaired) electrons. The fourth-order valence-corrected chi connectivity index (χ4v) is 1.87. The number of ether oxygens (including phenoxy) is 1. The second-order valence-electron chi connectivity index (χ2n) is 4.36. The van der Waals surface area contributed by atoms with Crippen molar-refractivity contribution in [3.63, 3.8) is 0 Å². The maximum Gasteiger partial charge on any atom is 0.118 e. The van der Waals surface area contributed by atoms with E-state index in [2.05, 4.69) is 48.6 Å². The van der Waals surface area contributed by atoms with E-state index in [-0.39, 0.29) is 12.4 Å². The van der Waals surface area contributed by atoms with Gasteiger partial charge in [-0.3, -0.25) is 0 Å². The summed E-state index contributed by atoms with van der Waals surface area (Å²) in [5.41, 5.74) is 2.57. The van der Waals surface area contributed by atoms with Crippen LogP contribution in [0.3, 0.4) is 0 Å². The Kier molecular flexibility index (Phi) is 6.40. The highest BCUT2D eigenvalue weighted by Gasteiger charge is 2.03. The number of rotatable bonds is 5. The minimum absolute atomic E-state index is 0. The number of hydrogen-bond donors (Lipinski definition) is 1. The molecule has 1 N–H and O–H groups in total. The minimum Gasteiger partial charge on any atom is -0.497 e. The number of benzene rings is 2. The van der Waals surface area contributed by atoms with Crippen molar-refractivity contribution in [1.82, 2.24) is 5.32 Å². The van der Waals surface area contributed by atoms with E-state index in [0.29, 0.717) is 6.04 Å². The molecule has 0 amide bonds. The maximum absolute atomic E-state index is 5.14. The average molecular weight is 278 g/mol. The van der Waals surface area contributed by atoms with Crippen LogP contribution in [0.1, 0.15) is 24.1 Å². The summed E-state index contributed by atoms with van der Waals surface area (Å²) in [7, 11) is 1.69. The van der Waals surface area contributed by atoms with Gasteiger partial charge in [-0.25, -0.2) is 0 Å². The smallest absolute Gasteiger partial charge is 0.118 e. The first kappa shape index (κ1) is 15.5. The average Bonchev–Trinajstić information content (AvgIpc) is 2.46. The normalized spacial score (nSPS) is 11.5. The van der Waals surface area contributed by atoms with E-state index in [1.165, 1.54) is 11.1 Å². The fourth-order valence-electron chi connectivity index (χ4n) is 1.87. The van der Waals surface area contributed by atoms with Gasteiger partial charge in [0.25, 0.3) is 0 Å². The van der Waals surface area contributed by atoms with Gasteiger partial charge in [0.05, 0.1) is 7.11 Å². The number of halogens is 1. The van der Waals surface area contributed by atoms with Gasteiger partial charge < -0.3 is 10.1 Å². The van der Waals surface area contributed by atoms with Crippen molar-refractivity contribution in [1.29, 1.82) is 0 Å². The van der Waals surface area contributed by atoms with Crippen LogP contribution in [0.4, 0.5) is 0 Å². The minimum atomic E-state index is 0. The standard InChI is InChI=1S/C16H19NO.ClH/c1-13(15-6-4-3-5-7-15)17-12-14-8-10-16(18-2)11-9-14;/h3-11,13,17H,12H2,1-2H3;1H. The summed E-state index contributed by atoms with van der Waals surface area (Å²) >= 11 is 0. The third-order valence-electron chi connectivity index (χ3n) is 3.07. The Hall–Kier alpha value is -1.51. The SMILES string of the molecule is COc1ccc(CNC(C)c2ccccc2)cc1.Cl. The van der Waals surface area contributed by atoms with Crippen molar-refractivity contribution >= 4 is 12.4 Å². The Morgan fingerprint density at radius 2 is 1.63 bits per heavy atom. The lowest BCUT2D eigenvalue weighted by Gasteiger charge is -2.14. The number of nitrogens with one attached hydrogen (secondary N) is 1. The van der Waals surface area contributed by atoms with Crippen LogP contribution in [0.5, 0.6) is 5.75 Å². The van der Waals surface area contributed by atoms with E-state index < -0.39 is 0 Å². The van der Waals surface area contributed by atoms with Gasteiger partial charge in [0.1, 0.15) is 5.75 Å². The van der Waals surface area contributed by atoms with Crippen molar-refractivity contribution in [3.05, 3.63) is 65.7 Å². The summed E-state index contributed by atoms with van der Waals surface area (Å²) in [6, 6.07) is 19.0. The molecule has 0 aliphatic carbocycles. The molecule has 102 valence electrons. The van der Waals surface area contributed by atoms with Gasteiger partial charge in [-0.15, -0.1) is 12.4 Å². The molecule has 0 saturated heterocycles. The first-order chi connectivity index (χ1) is 8.79. The summed E-state index contributed by atoms with van der Waals surface area (Å²) in [4.78, 5) is 0. The molecule has 0 saturated carbocycles. The molecular formula is C16H20ClNO. The first-order valence-electron chi connectivity index (χ1n) is 6.21. The van der Waals surface area contributed by atoms with Crippen molar-refractivity contribution < 1.29 is 4.74 Å². The highest BCUT2D eigenvalue weighted by Crippen LogP contribution is 2.14. The third kappa shape index (κ3) is 4.58. The zero-order valence-electron chi connectivity index (χ0n) is 11.3. The largest absolute Gasteiger partial charge is 0.497 e. The molecule has 1 atom stereocenters. The van der Waals surface area contributed by atoms with Gasteiger partial charge >= 0.3 is 0 Å². The molecule has 19 heavy (non-hydrogen) atoms. The summed E-state index contributed by atoms with van der Waals surface area (Å²) < 4.78 is 5.14. The van der Waals surface area contributed by atoms with Crippen LogP contribution >= 0.6 is 12.4 Å².